The second-order valence-electron chi connectivity index (χ2n) is 9.88. The number of hydrogen-bond donors (Lipinski definition) is 2. The lowest BCUT2D eigenvalue weighted by molar-refractivity contribution is -0.143. The molecule has 1 saturated heterocycles. The van der Waals surface area contributed by atoms with Gasteiger partial charge in [-0.1, -0.05) is 6.07 Å². The molecule has 2 N–H and O–H groups in total. The molecule has 1 saturated carbocycles. The molecule has 1 aromatic carbocycles. The molecule has 0 spiro atoms. The van der Waals surface area contributed by atoms with E-state index >= 15 is 0 Å². The molecule has 4 rings (SSSR count). The first-order chi connectivity index (χ1) is 16.4. The lowest BCUT2D eigenvalue weighted by Gasteiger charge is -2.40. The Labute approximate surface area is 201 Å². The number of carboxylic acid groups (broad SMARTS) is 1. The van der Waals surface area contributed by atoms with E-state index < -0.39 is 12.1 Å². The molecule has 2 atom stereocenters. The summed E-state index contributed by atoms with van der Waals surface area (Å²) in [6.07, 6.45) is 7.11. The fourth-order valence-electron chi connectivity index (χ4n) is 5.96. The summed E-state index contributed by atoms with van der Waals surface area (Å²) in [5.41, 5.74) is 1.16. The van der Waals surface area contributed by atoms with Crippen molar-refractivity contribution >= 4 is 12.1 Å². The van der Waals surface area contributed by atoms with Crippen LogP contribution in [0.2, 0.25) is 0 Å². The summed E-state index contributed by atoms with van der Waals surface area (Å²) in [4.78, 5) is 26.0. The molecule has 1 aromatic rings. The van der Waals surface area contributed by atoms with Crippen molar-refractivity contribution in [3.8, 4) is 11.5 Å². The molecule has 8 heteroatoms. The van der Waals surface area contributed by atoms with Crippen LogP contribution in [0.15, 0.2) is 30.0 Å². The van der Waals surface area contributed by atoms with Gasteiger partial charge in [0.1, 0.15) is 5.76 Å². The third-order valence-corrected chi connectivity index (χ3v) is 8.08. The Balaban J connectivity index is 1.38. The number of aliphatic carboxylic acids is 1. The molecule has 0 aromatic heterocycles. The number of likely N-dealkylation sites (N-methyl/N-ethyl adjacent to an activating group) is 1. The molecule has 1 amide bonds. The fraction of sp³-hybridized carbons (Fsp3) is 0.615. The van der Waals surface area contributed by atoms with Gasteiger partial charge in [0.2, 0.25) is 0 Å². The molecule has 0 radical (unpaired) electrons. The third-order valence-electron chi connectivity index (χ3n) is 8.08. The van der Waals surface area contributed by atoms with Crippen LogP contribution < -0.4 is 14.8 Å². The number of rotatable bonds is 7. The maximum atomic E-state index is 12.5. The second kappa shape index (κ2) is 10.3. The van der Waals surface area contributed by atoms with Crippen molar-refractivity contribution < 1.29 is 28.9 Å². The third kappa shape index (κ3) is 4.87. The van der Waals surface area contributed by atoms with Gasteiger partial charge in [-0.25, -0.2) is 4.79 Å². The number of likely N-dealkylation sites (tertiary alicyclic amines) is 1. The number of carboxylic acids is 1. The van der Waals surface area contributed by atoms with Crippen molar-refractivity contribution in [2.45, 2.75) is 56.4 Å². The van der Waals surface area contributed by atoms with Gasteiger partial charge in [0.05, 0.1) is 20.1 Å². The van der Waals surface area contributed by atoms with Crippen LogP contribution in [-0.2, 0) is 14.9 Å². The first kappa shape index (κ1) is 24.4. The number of carbonyl (C=O) groups is 2. The van der Waals surface area contributed by atoms with Gasteiger partial charge in [0, 0.05) is 24.4 Å². The molecular weight excluding hydrogens is 436 g/mol. The molecule has 8 nitrogen and oxygen atoms in total. The summed E-state index contributed by atoms with van der Waals surface area (Å²) in [6.45, 7) is 1.50. The average molecular weight is 473 g/mol. The highest BCUT2D eigenvalue weighted by molar-refractivity contribution is 5.70. The van der Waals surface area contributed by atoms with Crippen LogP contribution in [0.25, 0.3) is 0 Å². The zero-order chi connectivity index (χ0) is 24.3. The number of nitrogens with one attached hydrogen (secondary N) is 1. The number of fused-ring (bicyclic) bond motifs is 1. The number of nitrogens with zero attached hydrogens (tertiary/aromatic N) is 1. The number of amides is 1. The Morgan fingerprint density at radius 2 is 1.88 bits per heavy atom. The Hall–Kier alpha value is -2.74. The van der Waals surface area contributed by atoms with E-state index in [2.05, 4.69) is 35.5 Å². The van der Waals surface area contributed by atoms with E-state index in [-0.39, 0.29) is 17.4 Å². The van der Waals surface area contributed by atoms with Crippen molar-refractivity contribution in [2.24, 2.45) is 11.8 Å². The highest BCUT2D eigenvalue weighted by atomic mass is 16.6. The quantitative estimate of drug-likeness (QED) is 0.620. The van der Waals surface area contributed by atoms with E-state index in [4.69, 9.17) is 19.3 Å². The maximum Gasteiger partial charge on any atom is 0.412 e. The number of ether oxygens (including phenoxy) is 3. The van der Waals surface area contributed by atoms with Gasteiger partial charge in [-0.2, -0.15) is 0 Å². The van der Waals surface area contributed by atoms with Crippen molar-refractivity contribution in [1.29, 1.82) is 0 Å². The van der Waals surface area contributed by atoms with Crippen LogP contribution in [0, 0.1) is 11.8 Å². The lowest BCUT2D eigenvalue weighted by atomic mass is 9.68. The largest absolute Gasteiger partial charge is 0.493 e. The summed E-state index contributed by atoms with van der Waals surface area (Å²) >= 11 is 0. The predicted molar refractivity (Wildman–Crippen MR) is 127 cm³/mol. The molecule has 2 unspecified atom stereocenters. The first-order valence-corrected chi connectivity index (χ1v) is 12.2. The highest BCUT2D eigenvalue weighted by Crippen LogP contribution is 2.49. The molecule has 0 bridgehead atoms. The van der Waals surface area contributed by atoms with Crippen LogP contribution in [0.1, 0.15) is 50.5 Å². The molecule has 1 heterocycles. The van der Waals surface area contributed by atoms with Crippen LogP contribution in [0.3, 0.4) is 0 Å². The molecule has 2 fully saturated rings. The van der Waals surface area contributed by atoms with Crippen LogP contribution in [0.4, 0.5) is 4.79 Å². The van der Waals surface area contributed by atoms with E-state index in [1.54, 1.807) is 14.2 Å². The van der Waals surface area contributed by atoms with E-state index in [0.717, 1.165) is 38.0 Å². The van der Waals surface area contributed by atoms with Crippen molar-refractivity contribution in [3.05, 3.63) is 35.6 Å². The highest BCUT2D eigenvalue weighted by Gasteiger charge is 2.49. The summed E-state index contributed by atoms with van der Waals surface area (Å²) in [6, 6.07) is 6.39. The Morgan fingerprint density at radius 3 is 2.56 bits per heavy atom. The number of carbonyl (C=O) groups excluding carboxylic acids is 1. The summed E-state index contributed by atoms with van der Waals surface area (Å²) in [5, 5.41) is 12.0. The van der Waals surface area contributed by atoms with E-state index in [0.29, 0.717) is 43.2 Å². The molecule has 2 aliphatic carbocycles. The number of hydrogen-bond acceptors (Lipinski definition) is 6. The van der Waals surface area contributed by atoms with Gasteiger partial charge < -0.3 is 29.5 Å². The smallest absolute Gasteiger partial charge is 0.412 e. The Kier molecular flexibility index (Phi) is 7.36. The predicted octanol–water partition coefficient (Wildman–Crippen LogP) is 3.94. The monoisotopic (exact) mass is 472 g/mol. The first-order valence-electron chi connectivity index (χ1n) is 12.2. The van der Waals surface area contributed by atoms with Gasteiger partial charge in [0.15, 0.2) is 11.5 Å². The van der Waals surface area contributed by atoms with E-state index in [9.17, 15) is 9.59 Å². The van der Waals surface area contributed by atoms with Crippen LogP contribution in [-0.4, -0.2) is 62.5 Å². The number of benzene rings is 1. The number of allylic oxidation sites excluding steroid dienone is 1. The van der Waals surface area contributed by atoms with Crippen LogP contribution >= 0.6 is 0 Å². The van der Waals surface area contributed by atoms with Crippen molar-refractivity contribution in [3.63, 3.8) is 0 Å². The number of alkyl carbamates (subject to hydrolysis) is 1. The van der Waals surface area contributed by atoms with Gasteiger partial charge in [-0.3, -0.25) is 4.79 Å². The van der Waals surface area contributed by atoms with Crippen molar-refractivity contribution in [2.75, 3.05) is 34.4 Å². The Morgan fingerprint density at radius 1 is 1.15 bits per heavy atom. The van der Waals surface area contributed by atoms with Gasteiger partial charge in [-0.15, -0.1) is 0 Å². The number of methoxy groups -OCH3 is 2. The molecule has 186 valence electrons. The average Bonchev–Trinajstić information content (AvgIpc) is 3.19. The minimum absolute atomic E-state index is 0.0551. The Bertz CT molecular complexity index is 939. The summed E-state index contributed by atoms with van der Waals surface area (Å²) in [7, 11) is 5.42. The minimum Gasteiger partial charge on any atom is -0.493 e. The van der Waals surface area contributed by atoms with Gasteiger partial charge >= 0.3 is 12.1 Å². The normalized spacial score (nSPS) is 29.0. The van der Waals surface area contributed by atoms with Gasteiger partial charge in [0.25, 0.3) is 0 Å². The summed E-state index contributed by atoms with van der Waals surface area (Å²) < 4.78 is 16.7. The summed E-state index contributed by atoms with van der Waals surface area (Å²) in [5.74, 6) is 1.50. The molecule has 3 aliphatic rings. The molecular formula is C26H36N2O6. The topological polar surface area (TPSA) is 97.3 Å². The standard InChI is InChI=1S/C26H36N2O6/c1-28-13-12-26(19-8-9-21(32-2)22(14-19)33-3)11-10-20(15-23(26)28)34-25(31)27-16-17-4-6-18(7-5-17)24(29)30/h8-10,14,17-18,23H,4-7,11-13,15-16H2,1-3H3,(H,27,31)(H,29,30). The molecule has 34 heavy (non-hydrogen) atoms. The van der Waals surface area contributed by atoms with E-state index in [1.165, 1.54) is 5.56 Å². The zero-order valence-electron chi connectivity index (χ0n) is 20.3. The van der Waals surface area contributed by atoms with Crippen LogP contribution in [0.5, 0.6) is 11.5 Å². The fourth-order valence-corrected chi connectivity index (χ4v) is 5.96. The SMILES string of the molecule is COc1ccc(C23CC=C(OC(=O)NCC4CCC(C(=O)O)CC4)CC2N(C)CC3)cc1OC. The maximum absolute atomic E-state index is 12.5. The minimum atomic E-state index is -0.712. The molecule has 1 aliphatic heterocycles. The second-order valence-corrected chi connectivity index (χ2v) is 9.88. The lowest BCUT2D eigenvalue weighted by Crippen LogP contribution is -2.44. The zero-order valence-corrected chi connectivity index (χ0v) is 20.3. The van der Waals surface area contributed by atoms with Crippen molar-refractivity contribution in [1.82, 2.24) is 10.2 Å². The van der Waals surface area contributed by atoms with E-state index in [1.807, 2.05) is 6.07 Å². The van der Waals surface area contributed by atoms with Gasteiger partial charge in [-0.05, 0) is 81.8 Å².